The highest BCUT2D eigenvalue weighted by Crippen LogP contribution is 2.19. The van der Waals surface area contributed by atoms with Gasteiger partial charge in [-0.25, -0.2) is 0 Å². The average molecular weight is 296 g/mol. The molecule has 6 heteroatoms. The Hall–Kier alpha value is -1.40. The van der Waals surface area contributed by atoms with Crippen LogP contribution in [0.1, 0.15) is 16.9 Å². The number of amides is 2. The van der Waals surface area contributed by atoms with Gasteiger partial charge in [0.15, 0.2) is 0 Å². The Balaban J connectivity index is 1.82. The second-order valence-electron chi connectivity index (χ2n) is 4.98. The molecule has 1 fully saturated rings. The number of nitrogens with one attached hydrogen (secondary N) is 1. The van der Waals surface area contributed by atoms with E-state index in [1.54, 1.807) is 23.3 Å². The van der Waals surface area contributed by atoms with Gasteiger partial charge >= 0.3 is 0 Å². The molecule has 2 amide bonds. The molecule has 2 rings (SSSR count). The first-order valence-electron chi connectivity index (χ1n) is 6.69. The first-order valence-corrected chi connectivity index (χ1v) is 7.57. The zero-order chi connectivity index (χ0) is 14.5. The van der Waals surface area contributed by atoms with Crippen LogP contribution in [0.2, 0.25) is 0 Å². The highest BCUT2D eigenvalue weighted by molar-refractivity contribution is 7.10. The van der Waals surface area contributed by atoms with E-state index in [-0.39, 0.29) is 17.7 Å². The number of thiophene rings is 1. The van der Waals surface area contributed by atoms with Crippen LogP contribution in [0.3, 0.4) is 0 Å². The average Bonchev–Trinajstić information content (AvgIpc) is 3.00. The van der Waals surface area contributed by atoms with Crippen molar-refractivity contribution in [1.82, 2.24) is 10.2 Å². The summed E-state index contributed by atoms with van der Waals surface area (Å²) in [5, 5.41) is 4.94. The van der Waals surface area contributed by atoms with E-state index in [2.05, 4.69) is 5.32 Å². The molecule has 1 saturated heterocycles. The summed E-state index contributed by atoms with van der Waals surface area (Å²) in [7, 11) is 1.61. The SMILES string of the molecule is COCCN1C[C@H](C(=O)NCc2sccc2C)CC1=O. The van der Waals surface area contributed by atoms with Gasteiger partial charge in [-0.2, -0.15) is 0 Å². The quantitative estimate of drug-likeness (QED) is 0.857. The zero-order valence-electron chi connectivity index (χ0n) is 11.8. The molecule has 0 aromatic carbocycles. The minimum Gasteiger partial charge on any atom is -0.383 e. The molecule has 110 valence electrons. The summed E-state index contributed by atoms with van der Waals surface area (Å²) >= 11 is 1.64. The summed E-state index contributed by atoms with van der Waals surface area (Å²) in [6, 6.07) is 2.04. The monoisotopic (exact) mass is 296 g/mol. The van der Waals surface area contributed by atoms with Crippen LogP contribution in [0.25, 0.3) is 0 Å². The predicted octanol–water partition coefficient (Wildman–Crippen LogP) is 1.17. The van der Waals surface area contributed by atoms with Crippen molar-refractivity contribution in [2.45, 2.75) is 19.9 Å². The molecule has 5 nitrogen and oxygen atoms in total. The number of aryl methyl sites for hydroxylation is 1. The van der Waals surface area contributed by atoms with Crippen LogP contribution in [0.5, 0.6) is 0 Å². The van der Waals surface area contributed by atoms with Crippen molar-refractivity contribution in [3.05, 3.63) is 21.9 Å². The van der Waals surface area contributed by atoms with Crippen molar-refractivity contribution in [3.63, 3.8) is 0 Å². The largest absolute Gasteiger partial charge is 0.383 e. The Kier molecular flexibility index (Phi) is 5.14. The molecular weight excluding hydrogens is 276 g/mol. The van der Waals surface area contributed by atoms with Crippen LogP contribution >= 0.6 is 11.3 Å². The molecule has 0 radical (unpaired) electrons. The molecule has 0 unspecified atom stereocenters. The number of likely N-dealkylation sites (tertiary alicyclic amines) is 1. The molecule has 20 heavy (non-hydrogen) atoms. The number of ether oxygens (including phenoxy) is 1. The second kappa shape index (κ2) is 6.85. The first-order chi connectivity index (χ1) is 9.61. The molecule has 1 atom stereocenters. The van der Waals surface area contributed by atoms with E-state index in [0.717, 1.165) is 0 Å². The van der Waals surface area contributed by atoms with Gasteiger partial charge in [0.05, 0.1) is 19.1 Å². The Morgan fingerprint density at radius 2 is 2.40 bits per heavy atom. The van der Waals surface area contributed by atoms with Crippen LogP contribution in [-0.4, -0.2) is 43.5 Å². The summed E-state index contributed by atoms with van der Waals surface area (Å²) in [4.78, 5) is 26.7. The highest BCUT2D eigenvalue weighted by Gasteiger charge is 2.33. The van der Waals surface area contributed by atoms with Gasteiger partial charge in [0.2, 0.25) is 11.8 Å². The van der Waals surface area contributed by atoms with Crippen molar-refractivity contribution in [3.8, 4) is 0 Å². The van der Waals surface area contributed by atoms with Crippen LogP contribution < -0.4 is 5.32 Å². The van der Waals surface area contributed by atoms with Gasteiger partial charge in [-0.1, -0.05) is 0 Å². The van der Waals surface area contributed by atoms with Gasteiger partial charge in [-0.15, -0.1) is 11.3 Å². The van der Waals surface area contributed by atoms with Gasteiger partial charge in [-0.3, -0.25) is 9.59 Å². The van der Waals surface area contributed by atoms with Gasteiger partial charge in [0.25, 0.3) is 0 Å². The Morgan fingerprint density at radius 3 is 3.05 bits per heavy atom. The molecule has 0 saturated carbocycles. The third-order valence-electron chi connectivity index (χ3n) is 3.54. The fourth-order valence-corrected chi connectivity index (χ4v) is 3.11. The standard InChI is InChI=1S/C14H20N2O3S/c1-10-3-6-20-12(10)8-15-14(18)11-7-13(17)16(9-11)4-5-19-2/h3,6,11H,4-5,7-9H2,1-2H3,(H,15,18)/t11-/m1/s1. The third kappa shape index (κ3) is 3.58. The maximum absolute atomic E-state index is 12.1. The molecule has 1 aliphatic rings. The molecule has 0 aliphatic carbocycles. The second-order valence-corrected chi connectivity index (χ2v) is 5.98. The van der Waals surface area contributed by atoms with E-state index in [4.69, 9.17) is 4.74 Å². The van der Waals surface area contributed by atoms with Gasteiger partial charge in [0.1, 0.15) is 0 Å². The molecule has 1 aromatic rings. The number of hydrogen-bond donors (Lipinski definition) is 1. The number of carbonyl (C=O) groups is 2. The van der Waals surface area contributed by atoms with Crippen LogP contribution in [-0.2, 0) is 20.9 Å². The van der Waals surface area contributed by atoms with Crippen molar-refractivity contribution in [1.29, 1.82) is 0 Å². The minimum atomic E-state index is -0.236. The molecule has 2 heterocycles. The lowest BCUT2D eigenvalue weighted by atomic mass is 10.1. The smallest absolute Gasteiger partial charge is 0.225 e. The van der Waals surface area contributed by atoms with E-state index in [1.165, 1.54) is 10.4 Å². The fraction of sp³-hybridized carbons (Fsp3) is 0.571. The van der Waals surface area contributed by atoms with Crippen molar-refractivity contribution in [2.75, 3.05) is 26.8 Å². The number of rotatable bonds is 6. The summed E-state index contributed by atoms with van der Waals surface area (Å²) in [6.45, 7) is 4.14. The maximum Gasteiger partial charge on any atom is 0.225 e. The Labute approximate surface area is 122 Å². The molecular formula is C14H20N2O3S. The third-order valence-corrected chi connectivity index (χ3v) is 4.56. The lowest BCUT2D eigenvalue weighted by Crippen LogP contribution is -2.33. The summed E-state index contributed by atoms with van der Waals surface area (Å²) in [5.41, 5.74) is 1.19. The lowest BCUT2D eigenvalue weighted by Gasteiger charge is -2.15. The van der Waals surface area contributed by atoms with Crippen molar-refractivity contribution in [2.24, 2.45) is 5.92 Å². The lowest BCUT2D eigenvalue weighted by molar-refractivity contribution is -0.129. The summed E-state index contributed by atoms with van der Waals surface area (Å²) in [6.07, 6.45) is 0.305. The molecule has 1 aromatic heterocycles. The number of carbonyl (C=O) groups excluding carboxylic acids is 2. The van der Waals surface area contributed by atoms with E-state index < -0.39 is 0 Å². The number of methoxy groups -OCH3 is 1. The zero-order valence-corrected chi connectivity index (χ0v) is 12.7. The van der Waals surface area contributed by atoms with Crippen LogP contribution in [0.15, 0.2) is 11.4 Å². The van der Waals surface area contributed by atoms with Crippen molar-refractivity contribution < 1.29 is 14.3 Å². The summed E-state index contributed by atoms with van der Waals surface area (Å²) < 4.78 is 4.96. The van der Waals surface area contributed by atoms with E-state index in [9.17, 15) is 9.59 Å². The number of nitrogens with zero attached hydrogens (tertiary/aromatic N) is 1. The molecule has 0 bridgehead atoms. The number of hydrogen-bond acceptors (Lipinski definition) is 4. The molecule has 0 spiro atoms. The van der Waals surface area contributed by atoms with Crippen molar-refractivity contribution >= 4 is 23.2 Å². The Morgan fingerprint density at radius 1 is 1.60 bits per heavy atom. The van der Waals surface area contributed by atoms with E-state index in [1.807, 2.05) is 18.4 Å². The molecule has 1 aliphatic heterocycles. The summed E-state index contributed by atoms with van der Waals surface area (Å²) in [5.74, 6) is -0.236. The molecule has 1 N–H and O–H groups in total. The fourth-order valence-electron chi connectivity index (χ4n) is 2.26. The Bertz CT molecular complexity index is 487. The van der Waals surface area contributed by atoms with E-state index >= 15 is 0 Å². The highest BCUT2D eigenvalue weighted by atomic mass is 32.1. The van der Waals surface area contributed by atoms with Gasteiger partial charge < -0.3 is 15.0 Å². The van der Waals surface area contributed by atoms with Gasteiger partial charge in [-0.05, 0) is 23.9 Å². The van der Waals surface area contributed by atoms with Crippen LogP contribution in [0, 0.1) is 12.8 Å². The maximum atomic E-state index is 12.1. The van der Waals surface area contributed by atoms with Crippen LogP contribution in [0.4, 0.5) is 0 Å². The first kappa shape index (κ1) is 15.0. The van der Waals surface area contributed by atoms with Gasteiger partial charge in [0, 0.05) is 31.5 Å². The minimum absolute atomic E-state index is 0.0360. The topological polar surface area (TPSA) is 58.6 Å². The van der Waals surface area contributed by atoms with E-state index in [0.29, 0.717) is 32.7 Å². The predicted molar refractivity (Wildman–Crippen MR) is 77.5 cm³/mol. The normalized spacial score (nSPS) is 18.6.